The zero-order valence-corrected chi connectivity index (χ0v) is 10.0. The lowest BCUT2D eigenvalue weighted by Crippen LogP contribution is -2.08. The number of nitrogens with zero attached hydrogens (tertiary/aromatic N) is 1. The number of nitro benzene ring substituents is 1. The number of aryl methyl sites for hydroxylation is 1. The highest BCUT2D eigenvalue weighted by molar-refractivity contribution is 5.91. The monoisotopic (exact) mass is 236 g/mol. The summed E-state index contributed by atoms with van der Waals surface area (Å²) in [6.45, 7) is 3.40. The summed E-state index contributed by atoms with van der Waals surface area (Å²) in [7, 11) is 0. The Balaban J connectivity index is 2.99. The second-order valence-electron chi connectivity index (χ2n) is 3.89. The molecule has 0 aliphatic rings. The minimum Gasteiger partial charge on any atom is -0.321 e. The van der Waals surface area contributed by atoms with Crippen molar-refractivity contribution in [2.45, 2.75) is 33.1 Å². The average molecular weight is 236 g/mol. The standard InChI is InChI=1S/C12H16N2O3/c1-3-4-5-10-6-7-11(13-9(2)15)12(8-10)14(16)17/h6-8H,3-5H2,1-2H3,(H,13,15). The number of rotatable bonds is 5. The molecule has 92 valence electrons. The van der Waals surface area contributed by atoms with Gasteiger partial charge in [-0.05, 0) is 24.5 Å². The van der Waals surface area contributed by atoms with Crippen molar-refractivity contribution in [2.75, 3.05) is 5.32 Å². The summed E-state index contributed by atoms with van der Waals surface area (Å²) < 4.78 is 0. The predicted octanol–water partition coefficient (Wildman–Crippen LogP) is 2.90. The molecule has 0 aromatic heterocycles. The molecule has 0 saturated carbocycles. The SMILES string of the molecule is CCCCc1ccc(NC(C)=O)c([N+](=O)[O-])c1. The van der Waals surface area contributed by atoms with E-state index in [0.717, 1.165) is 24.8 Å². The molecule has 5 nitrogen and oxygen atoms in total. The predicted molar refractivity (Wildman–Crippen MR) is 66.0 cm³/mol. The van der Waals surface area contributed by atoms with Crippen LogP contribution in [0.5, 0.6) is 0 Å². The third-order valence-corrected chi connectivity index (χ3v) is 2.39. The van der Waals surface area contributed by atoms with E-state index in [1.54, 1.807) is 6.07 Å². The van der Waals surface area contributed by atoms with Crippen molar-refractivity contribution in [3.05, 3.63) is 33.9 Å². The number of benzene rings is 1. The number of anilines is 1. The Morgan fingerprint density at radius 2 is 2.18 bits per heavy atom. The van der Waals surface area contributed by atoms with Gasteiger partial charge in [-0.3, -0.25) is 14.9 Å². The molecule has 0 spiro atoms. The highest BCUT2D eigenvalue weighted by atomic mass is 16.6. The van der Waals surface area contributed by atoms with Gasteiger partial charge >= 0.3 is 0 Å². The van der Waals surface area contributed by atoms with Crippen LogP contribution in [0.1, 0.15) is 32.3 Å². The van der Waals surface area contributed by atoms with Crippen LogP contribution in [0.2, 0.25) is 0 Å². The van der Waals surface area contributed by atoms with Crippen LogP contribution in [-0.4, -0.2) is 10.8 Å². The number of carbonyl (C=O) groups excluding carboxylic acids is 1. The number of unbranched alkanes of at least 4 members (excludes halogenated alkanes) is 1. The highest BCUT2D eigenvalue weighted by Crippen LogP contribution is 2.26. The fourth-order valence-electron chi connectivity index (χ4n) is 1.56. The Bertz CT molecular complexity index is 430. The van der Waals surface area contributed by atoms with E-state index in [1.165, 1.54) is 13.0 Å². The Kier molecular flexibility index (Phi) is 4.63. The van der Waals surface area contributed by atoms with E-state index in [0.29, 0.717) is 0 Å². The van der Waals surface area contributed by atoms with Gasteiger partial charge in [0.25, 0.3) is 5.69 Å². The van der Waals surface area contributed by atoms with E-state index in [2.05, 4.69) is 12.2 Å². The van der Waals surface area contributed by atoms with Crippen LogP contribution in [0.25, 0.3) is 0 Å². The fourth-order valence-corrected chi connectivity index (χ4v) is 1.56. The summed E-state index contributed by atoms with van der Waals surface area (Å²) in [5, 5.41) is 13.3. The maximum absolute atomic E-state index is 10.9. The van der Waals surface area contributed by atoms with Gasteiger partial charge in [0.15, 0.2) is 0 Å². The van der Waals surface area contributed by atoms with E-state index in [-0.39, 0.29) is 17.3 Å². The number of carbonyl (C=O) groups is 1. The number of nitro groups is 1. The van der Waals surface area contributed by atoms with E-state index in [1.807, 2.05) is 6.07 Å². The van der Waals surface area contributed by atoms with Crippen LogP contribution in [0.4, 0.5) is 11.4 Å². The van der Waals surface area contributed by atoms with Crippen molar-refractivity contribution < 1.29 is 9.72 Å². The van der Waals surface area contributed by atoms with E-state index in [4.69, 9.17) is 0 Å². The van der Waals surface area contributed by atoms with Crippen LogP contribution < -0.4 is 5.32 Å². The summed E-state index contributed by atoms with van der Waals surface area (Å²) in [6, 6.07) is 4.93. The first-order valence-corrected chi connectivity index (χ1v) is 5.59. The van der Waals surface area contributed by atoms with Gasteiger partial charge in [-0.2, -0.15) is 0 Å². The van der Waals surface area contributed by atoms with Gasteiger partial charge in [-0.25, -0.2) is 0 Å². The lowest BCUT2D eigenvalue weighted by molar-refractivity contribution is -0.384. The topological polar surface area (TPSA) is 72.2 Å². The first-order chi connectivity index (χ1) is 8.04. The van der Waals surface area contributed by atoms with Crippen LogP contribution in [0.3, 0.4) is 0 Å². The van der Waals surface area contributed by atoms with Gasteiger partial charge in [-0.15, -0.1) is 0 Å². The van der Waals surface area contributed by atoms with Crippen molar-refractivity contribution >= 4 is 17.3 Å². The van der Waals surface area contributed by atoms with E-state index >= 15 is 0 Å². The molecule has 0 bridgehead atoms. The lowest BCUT2D eigenvalue weighted by atomic mass is 10.1. The summed E-state index contributed by atoms with van der Waals surface area (Å²) in [6.07, 6.45) is 2.86. The molecule has 1 amide bonds. The molecule has 0 aliphatic heterocycles. The van der Waals surface area contributed by atoms with Crippen molar-refractivity contribution in [1.82, 2.24) is 0 Å². The normalized spacial score (nSPS) is 10.0. The second-order valence-corrected chi connectivity index (χ2v) is 3.89. The second kappa shape index (κ2) is 5.98. The summed E-state index contributed by atoms with van der Waals surface area (Å²) >= 11 is 0. The number of hydrogen-bond donors (Lipinski definition) is 1. The molecule has 0 radical (unpaired) electrons. The molecule has 5 heteroatoms. The molecule has 1 aromatic rings. The smallest absolute Gasteiger partial charge is 0.293 e. The van der Waals surface area contributed by atoms with Crippen LogP contribution >= 0.6 is 0 Å². The Morgan fingerprint density at radius 1 is 1.47 bits per heavy atom. The van der Waals surface area contributed by atoms with Gasteiger partial charge in [0, 0.05) is 13.0 Å². The Labute approximate surface area is 100.0 Å². The van der Waals surface area contributed by atoms with Gasteiger partial charge < -0.3 is 5.32 Å². The quantitative estimate of drug-likeness (QED) is 0.631. The fraction of sp³-hybridized carbons (Fsp3) is 0.417. The Hall–Kier alpha value is -1.91. The van der Waals surface area contributed by atoms with Crippen molar-refractivity contribution in [2.24, 2.45) is 0 Å². The maximum Gasteiger partial charge on any atom is 0.293 e. The first-order valence-electron chi connectivity index (χ1n) is 5.59. The zero-order chi connectivity index (χ0) is 12.8. The lowest BCUT2D eigenvalue weighted by Gasteiger charge is -2.05. The third-order valence-electron chi connectivity index (χ3n) is 2.39. The molecule has 1 aromatic carbocycles. The molecule has 1 rings (SSSR count). The van der Waals surface area contributed by atoms with Crippen LogP contribution in [0.15, 0.2) is 18.2 Å². The molecule has 0 fully saturated rings. The average Bonchev–Trinajstić information content (AvgIpc) is 2.26. The molecule has 0 saturated heterocycles. The number of amides is 1. The minimum atomic E-state index is -0.472. The van der Waals surface area contributed by atoms with Crippen LogP contribution in [-0.2, 0) is 11.2 Å². The molecular weight excluding hydrogens is 220 g/mol. The van der Waals surface area contributed by atoms with E-state index < -0.39 is 4.92 Å². The highest BCUT2D eigenvalue weighted by Gasteiger charge is 2.15. The molecule has 0 aliphatic carbocycles. The summed E-state index contributed by atoms with van der Waals surface area (Å²) in [5.41, 5.74) is 1.13. The number of hydrogen-bond acceptors (Lipinski definition) is 3. The van der Waals surface area contributed by atoms with Crippen molar-refractivity contribution in [3.8, 4) is 0 Å². The maximum atomic E-state index is 10.9. The first kappa shape index (κ1) is 13.2. The van der Waals surface area contributed by atoms with Gasteiger partial charge in [0.05, 0.1) is 4.92 Å². The molecule has 0 heterocycles. The third kappa shape index (κ3) is 3.86. The van der Waals surface area contributed by atoms with Crippen molar-refractivity contribution in [1.29, 1.82) is 0 Å². The van der Waals surface area contributed by atoms with Gasteiger partial charge in [0.2, 0.25) is 5.91 Å². The summed E-state index contributed by atoms with van der Waals surface area (Å²) in [4.78, 5) is 21.3. The van der Waals surface area contributed by atoms with Crippen molar-refractivity contribution in [3.63, 3.8) is 0 Å². The molecule has 17 heavy (non-hydrogen) atoms. The number of nitrogens with one attached hydrogen (secondary N) is 1. The molecular formula is C12H16N2O3. The van der Waals surface area contributed by atoms with Crippen LogP contribution in [0, 0.1) is 10.1 Å². The van der Waals surface area contributed by atoms with E-state index in [9.17, 15) is 14.9 Å². The molecule has 0 atom stereocenters. The Morgan fingerprint density at radius 3 is 2.71 bits per heavy atom. The molecule has 1 N–H and O–H groups in total. The van der Waals surface area contributed by atoms with Gasteiger partial charge in [0.1, 0.15) is 5.69 Å². The van der Waals surface area contributed by atoms with Gasteiger partial charge in [-0.1, -0.05) is 19.4 Å². The largest absolute Gasteiger partial charge is 0.321 e. The molecule has 0 unspecified atom stereocenters. The minimum absolute atomic E-state index is 0.0474. The zero-order valence-electron chi connectivity index (χ0n) is 10.0. The summed E-state index contributed by atoms with van der Waals surface area (Å²) in [5.74, 6) is -0.311.